The van der Waals surface area contributed by atoms with Crippen molar-refractivity contribution in [2.75, 3.05) is 46.5 Å². The third kappa shape index (κ3) is 4.55. The zero-order chi connectivity index (χ0) is 17.7. The summed E-state index contributed by atoms with van der Waals surface area (Å²) in [6.45, 7) is 11.1. The lowest BCUT2D eigenvalue weighted by atomic mass is 10.1. The second-order valence-electron chi connectivity index (χ2n) is 6.38. The normalized spacial score (nSPS) is 17.3. The summed E-state index contributed by atoms with van der Waals surface area (Å²) in [5, 5.41) is 4.48. The molecule has 7 nitrogen and oxygen atoms in total. The molecule has 0 aliphatic carbocycles. The molecular weight excluding hydrogens is 308 g/mol. The third-order valence-electron chi connectivity index (χ3n) is 4.73. The Labute approximate surface area is 144 Å². The van der Waals surface area contributed by atoms with Crippen molar-refractivity contribution in [2.45, 2.75) is 33.4 Å². The van der Waals surface area contributed by atoms with E-state index in [1.807, 2.05) is 23.6 Å². The Kier molecular flexibility index (Phi) is 6.77. The average molecular weight is 338 g/mol. The van der Waals surface area contributed by atoms with Gasteiger partial charge in [0.2, 0.25) is 0 Å². The zero-order valence-electron chi connectivity index (χ0n) is 15.5. The summed E-state index contributed by atoms with van der Waals surface area (Å²) in [7, 11) is 3.61. The number of piperazine rings is 1. The first-order valence-corrected chi connectivity index (χ1v) is 8.54. The smallest absolute Gasteiger partial charge is 0.251 e. The van der Waals surface area contributed by atoms with Crippen LogP contribution in [-0.2, 0) is 27.9 Å². The van der Waals surface area contributed by atoms with Crippen molar-refractivity contribution in [1.82, 2.24) is 19.6 Å². The summed E-state index contributed by atoms with van der Waals surface area (Å²) in [5.41, 5.74) is 3.60. The molecule has 1 aromatic heterocycles. The van der Waals surface area contributed by atoms with Crippen LogP contribution in [0.5, 0.6) is 0 Å². The van der Waals surface area contributed by atoms with Crippen LogP contribution < -0.4 is 0 Å². The van der Waals surface area contributed by atoms with Gasteiger partial charge in [0, 0.05) is 58.1 Å². The molecule has 7 heteroatoms. The Balaban J connectivity index is 1.81. The molecule has 1 aromatic rings. The van der Waals surface area contributed by atoms with E-state index in [0.29, 0.717) is 13.2 Å². The molecule has 1 aliphatic rings. The van der Waals surface area contributed by atoms with E-state index in [4.69, 9.17) is 9.47 Å². The number of hydrogen-bond acceptors (Lipinski definition) is 5. The van der Waals surface area contributed by atoms with E-state index >= 15 is 0 Å². The maximum atomic E-state index is 12.4. The van der Waals surface area contributed by atoms with Gasteiger partial charge in [-0.05, 0) is 20.8 Å². The maximum Gasteiger partial charge on any atom is 0.251 e. The number of carbonyl (C=O) groups is 1. The molecule has 0 N–H and O–H groups in total. The van der Waals surface area contributed by atoms with E-state index in [1.54, 1.807) is 7.11 Å². The van der Waals surface area contributed by atoms with Crippen molar-refractivity contribution < 1.29 is 14.3 Å². The number of nitrogens with zero attached hydrogens (tertiary/aromatic N) is 4. The number of methoxy groups -OCH3 is 1. The van der Waals surface area contributed by atoms with E-state index in [0.717, 1.165) is 38.4 Å². The van der Waals surface area contributed by atoms with Crippen molar-refractivity contribution in [2.24, 2.45) is 7.05 Å². The van der Waals surface area contributed by atoms with Gasteiger partial charge < -0.3 is 14.4 Å². The number of carbonyl (C=O) groups excluding carboxylic acids is 1. The van der Waals surface area contributed by atoms with E-state index in [9.17, 15) is 4.79 Å². The fourth-order valence-electron chi connectivity index (χ4n) is 3.03. The molecule has 136 valence electrons. The monoisotopic (exact) mass is 338 g/mol. The molecule has 0 bridgehead atoms. The van der Waals surface area contributed by atoms with Crippen LogP contribution in [0.25, 0.3) is 0 Å². The van der Waals surface area contributed by atoms with Crippen LogP contribution in [0.3, 0.4) is 0 Å². The summed E-state index contributed by atoms with van der Waals surface area (Å²) in [4.78, 5) is 16.7. The molecular formula is C17H30N4O3. The lowest BCUT2D eigenvalue weighted by Gasteiger charge is -2.35. The van der Waals surface area contributed by atoms with Crippen LogP contribution in [0, 0.1) is 13.8 Å². The molecule has 0 saturated carbocycles. The lowest BCUT2D eigenvalue weighted by molar-refractivity contribution is -0.145. The Hall–Kier alpha value is -1.44. The van der Waals surface area contributed by atoms with Crippen molar-refractivity contribution in [3.05, 3.63) is 17.0 Å². The summed E-state index contributed by atoms with van der Waals surface area (Å²) in [6, 6.07) is 0. The Morgan fingerprint density at radius 2 is 1.88 bits per heavy atom. The van der Waals surface area contributed by atoms with Gasteiger partial charge in [-0.1, -0.05) is 0 Å². The van der Waals surface area contributed by atoms with Gasteiger partial charge in [0.25, 0.3) is 5.91 Å². The molecule has 0 spiro atoms. The first-order chi connectivity index (χ1) is 11.4. The molecule has 2 rings (SSSR count). The highest BCUT2D eigenvalue weighted by atomic mass is 16.5. The minimum absolute atomic E-state index is 0.0690. The van der Waals surface area contributed by atoms with Gasteiger partial charge in [-0.25, -0.2) is 0 Å². The number of ether oxygens (including phenoxy) is 2. The SMILES string of the molecule is COCCOC(C)C(=O)N1CCN(Cc2c(C)nn(C)c2C)CC1. The highest BCUT2D eigenvalue weighted by molar-refractivity contribution is 5.80. The summed E-state index contributed by atoms with van der Waals surface area (Å²) in [5.74, 6) is 0.0690. The predicted molar refractivity (Wildman–Crippen MR) is 91.8 cm³/mol. The molecule has 1 unspecified atom stereocenters. The zero-order valence-corrected chi connectivity index (χ0v) is 15.5. The van der Waals surface area contributed by atoms with Crippen LogP contribution >= 0.6 is 0 Å². The van der Waals surface area contributed by atoms with Crippen LogP contribution in [0.15, 0.2) is 0 Å². The highest BCUT2D eigenvalue weighted by Gasteiger charge is 2.26. The minimum Gasteiger partial charge on any atom is -0.382 e. The molecule has 0 radical (unpaired) electrons. The molecule has 0 aromatic carbocycles. The van der Waals surface area contributed by atoms with E-state index in [2.05, 4.69) is 23.8 Å². The van der Waals surface area contributed by atoms with E-state index in [1.165, 1.54) is 11.3 Å². The minimum atomic E-state index is -0.408. The van der Waals surface area contributed by atoms with Gasteiger partial charge in [0.15, 0.2) is 0 Å². The standard InChI is InChI=1S/C17H30N4O3/c1-13-16(14(2)19(4)18-13)12-20-6-8-21(9-7-20)17(22)15(3)24-11-10-23-5/h15H,6-12H2,1-5H3. The number of aromatic nitrogens is 2. The third-order valence-corrected chi connectivity index (χ3v) is 4.73. The van der Waals surface area contributed by atoms with Crippen LogP contribution in [0.2, 0.25) is 0 Å². The van der Waals surface area contributed by atoms with Gasteiger partial charge in [-0.3, -0.25) is 14.4 Å². The molecule has 1 aliphatic heterocycles. The largest absolute Gasteiger partial charge is 0.382 e. The van der Waals surface area contributed by atoms with Crippen molar-refractivity contribution >= 4 is 5.91 Å². The molecule has 1 atom stereocenters. The first kappa shape index (κ1) is 18.9. The van der Waals surface area contributed by atoms with Crippen LogP contribution in [0.4, 0.5) is 0 Å². The van der Waals surface area contributed by atoms with Crippen molar-refractivity contribution in [1.29, 1.82) is 0 Å². The van der Waals surface area contributed by atoms with Gasteiger partial charge in [0.1, 0.15) is 6.10 Å². The van der Waals surface area contributed by atoms with Crippen molar-refractivity contribution in [3.8, 4) is 0 Å². The first-order valence-electron chi connectivity index (χ1n) is 8.54. The van der Waals surface area contributed by atoms with Gasteiger partial charge in [-0.2, -0.15) is 5.10 Å². The van der Waals surface area contributed by atoms with Crippen LogP contribution in [-0.4, -0.2) is 78.1 Å². The molecule has 1 fully saturated rings. The van der Waals surface area contributed by atoms with Crippen LogP contribution in [0.1, 0.15) is 23.9 Å². The highest BCUT2D eigenvalue weighted by Crippen LogP contribution is 2.16. The maximum absolute atomic E-state index is 12.4. The number of rotatable bonds is 7. The quantitative estimate of drug-likeness (QED) is 0.686. The Bertz CT molecular complexity index is 550. The number of amides is 1. The van der Waals surface area contributed by atoms with Gasteiger partial charge in [-0.15, -0.1) is 0 Å². The average Bonchev–Trinajstić information content (AvgIpc) is 2.81. The van der Waals surface area contributed by atoms with E-state index in [-0.39, 0.29) is 5.91 Å². The second-order valence-corrected chi connectivity index (χ2v) is 6.38. The topological polar surface area (TPSA) is 59.8 Å². The van der Waals surface area contributed by atoms with E-state index < -0.39 is 6.10 Å². The summed E-state index contributed by atoms with van der Waals surface area (Å²) < 4.78 is 12.4. The summed E-state index contributed by atoms with van der Waals surface area (Å²) in [6.07, 6.45) is -0.408. The Morgan fingerprint density at radius 3 is 2.42 bits per heavy atom. The van der Waals surface area contributed by atoms with Crippen molar-refractivity contribution in [3.63, 3.8) is 0 Å². The predicted octanol–water partition coefficient (Wildman–Crippen LogP) is 0.733. The number of aryl methyl sites for hydroxylation is 2. The van der Waals surface area contributed by atoms with Gasteiger partial charge >= 0.3 is 0 Å². The fraction of sp³-hybridized carbons (Fsp3) is 0.765. The van der Waals surface area contributed by atoms with Gasteiger partial charge in [0.05, 0.1) is 18.9 Å². The molecule has 24 heavy (non-hydrogen) atoms. The second kappa shape index (κ2) is 8.60. The molecule has 2 heterocycles. The number of hydrogen-bond donors (Lipinski definition) is 0. The Morgan fingerprint density at radius 1 is 1.21 bits per heavy atom. The molecule has 1 saturated heterocycles. The summed E-state index contributed by atoms with van der Waals surface area (Å²) >= 11 is 0. The lowest BCUT2D eigenvalue weighted by Crippen LogP contribution is -2.51. The fourth-order valence-corrected chi connectivity index (χ4v) is 3.03. The molecule has 1 amide bonds.